The molecule has 190 valence electrons. The summed E-state index contributed by atoms with van der Waals surface area (Å²) in [6.07, 6.45) is 0. The summed E-state index contributed by atoms with van der Waals surface area (Å²) in [5.74, 6) is 0.267. The predicted molar refractivity (Wildman–Crippen MR) is 126 cm³/mol. The van der Waals surface area contributed by atoms with Crippen LogP contribution in [0.1, 0.15) is 27.0 Å². The van der Waals surface area contributed by atoms with E-state index in [1.807, 2.05) is 74.9 Å². The number of phenols is 1. The second-order valence-corrected chi connectivity index (χ2v) is 9.54. The van der Waals surface area contributed by atoms with Crippen molar-refractivity contribution >= 4 is 37.9 Å². The van der Waals surface area contributed by atoms with Gasteiger partial charge in [-0.2, -0.15) is 17.7 Å². The van der Waals surface area contributed by atoms with Gasteiger partial charge in [-0.3, -0.25) is 0 Å². The molecular formula is C25H22F3NO6S. The van der Waals surface area contributed by atoms with Crippen molar-refractivity contribution in [1.29, 1.82) is 0 Å². The number of nitrogens with zero attached hydrogens (tertiary/aromatic N) is 1. The minimum absolute atomic E-state index is 0.111. The highest BCUT2D eigenvalue weighted by Gasteiger charge is 2.37. The smallest absolute Gasteiger partial charge is 0.485 e. The summed E-state index contributed by atoms with van der Waals surface area (Å²) in [5.41, 5.74) is -0.452. The van der Waals surface area contributed by atoms with Gasteiger partial charge in [0.25, 0.3) is 0 Å². The van der Waals surface area contributed by atoms with Gasteiger partial charge in [-0.25, -0.2) is 13.2 Å². The van der Waals surface area contributed by atoms with Crippen molar-refractivity contribution in [3.8, 4) is 11.5 Å². The number of esters is 1. The number of halogens is 3. The molecule has 7 nitrogen and oxygen atoms in total. The monoisotopic (exact) mass is 521 g/mol. The van der Waals surface area contributed by atoms with Crippen molar-refractivity contribution in [3.63, 3.8) is 0 Å². The highest BCUT2D eigenvalue weighted by Crippen LogP contribution is 2.31. The van der Waals surface area contributed by atoms with Crippen LogP contribution >= 0.6 is 0 Å². The molecule has 0 fully saturated rings. The second kappa shape index (κ2) is 9.75. The van der Waals surface area contributed by atoms with E-state index >= 15 is 0 Å². The fraction of sp³-hybridized carbons (Fsp3) is 0.200. The van der Waals surface area contributed by atoms with E-state index in [1.54, 1.807) is 12.1 Å². The third-order valence-electron chi connectivity index (χ3n) is 5.43. The van der Waals surface area contributed by atoms with Crippen LogP contribution in [0.3, 0.4) is 0 Å². The number of para-hydroxylation sites is 1. The maximum atomic E-state index is 13.3. The van der Waals surface area contributed by atoms with Gasteiger partial charge in [0, 0.05) is 12.1 Å². The van der Waals surface area contributed by atoms with Crippen LogP contribution in [-0.4, -0.2) is 29.6 Å². The average Bonchev–Trinajstić information content (AvgIpc) is 2.75. The molecule has 0 saturated heterocycles. The number of alkyl halides is 3. The minimum Gasteiger partial charge on any atom is -0.741 e. The molecule has 1 heterocycles. The number of rotatable bonds is 2. The number of pyridine rings is 1. The lowest BCUT2D eigenvalue weighted by Crippen LogP contribution is -2.31. The molecule has 11 heteroatoms. The number of hydrogen-bond acceptors (Lipinski definition) is 6. The molecule has 1 N–H and O–H groups in total. The number of aromatic hydroxyl groups is 1. The average molecular weight is 522 g/mol. The molecular weight excluding hydrogens is 499 g/mol. The first-order valence-electron chi connectivity index (χ1n) is 10.5. The van der Waals surface area contributed by atoms with E-state index in [9.17, 15) is 23.1 Å². The Kier molecular flexibility index (Phi) is 7.28. The first-order valence-corrected chi connectivity index (χ1v) is 11.9. The van der Waals surface area contributed by atoms with E-state index in [0.29, 0.717) is 16.7 Å². The van der Waals surface area contributed by atoms with E-state index in [-0.39, 0.29) is 5.75 Å². The zero-order chi connectivity index (χ0) is 27.0. The van der Waals surface area contributed by atoms with E-state index in [4.69, 9.17) is 17.7 Å². The molecule has 0 aliphatic carbocycles. The molecule has 0 unspecified atom stereocenters. The van der Waals surface area contributed by atoms with E-state index in [2.05, 4.69) is 0 Å². The third-order valence-corrected chi connectivity index (χ3v) is 6.00. The van der Waals surface area contributed by atoms with Gasteiger partial charge in [0.2, 0.25) is 11.0 Å². The zero-order valence-electron chi connectivity index (χ0n) is 19.7. The lowest BCUT2D eigenvalue weighted by atomic mass is 10.0. The van der Waals surface area contributed by atoms with Gasteiger partial charge < -0.3 is 14.4 Å². The number of ether oxygens (including phenoxy) is 1. The van der Waals surface area contributed by atoms with Crippen molar-refractivity contribution in [3.05, 3.63) is 76.9 Å². The number of fused-ring (bicyclic) bond motifs is 2. The molecule has 0 bridgehead atoms. The number of aryl methyl sites for hydroxylation is 4. The van der Waals surface area contributed by atoms with Crippen molar-refractivity contribution in [2.24, 2.45) is 7.05 Å². The Labute approximate surface area is 205 Å². The van der Waals surface area contributed by atoms with Crippen LogP contribution in [0.25, 0.3) is 21.8 Å². The lowest BCUT2D eigenvalue weighted by molar-refractivity contribution is -0.617. The molecule has 36 heavy (non-hydrogen) atoms. The molecule has 3 aromatic carbocycles. The second-order valence-electron chi connectivity index (χ2n) is 8.17. The maximum Gasteiger partial charge on any atom is 0.485 e. The van der Waals surface area contributed by atoms with Gasteiger partial charge in [0.05, 0.1) is 16.3 Å². The van der Waals surface area contributed by atoms with E-state index in [0.717, 1.165) is 33.1 Å². The highest BCUT2D eigenvalue weighted by molar-refractivity contribution is 7.86. The largest absolute Gasteiger partial charge is 0.741 e. The number of carbonyl (C=O) groups is 1. The SMILES string of the molecule is Cc1cc(C)c(OC(=O)c2c3ccccc3[n+](C)c3ccc(O)cc23)c(C)c1.O=S(=O)([O-])C(F)(F)F. The third kappa shape index (κ3) is 5.42. The van der Waals surface area contributed by atoms with Crippen molar-refractivity contribution in [2.75, 3.05) is 0 Å². The highest BCUT2D eigenvalue weighted by atomic mass is 32.2. The van der Waals surface area contributed by atoms with Crippen LogP contribution in [0.15, 0.2) is 54.6 Å². The van der Waals surface area contributed by atoms with Gasteiger partial charge in [-0.1, -0.05) is 29.8 Å². The summed E-state index contributed by atoms with van der Waals surface area (Å²) in [4.78, 5) is 13.3. The number of benzene rings is 3. The Morgan fingerprint density at radius 1 is 0.944 bits per heavy atom. The summed E-state index contributed by atoms with van der Waals surface area (Å²) in [5, 5.41) is 11.5. The Balaban J connectivity index is 0.000000392. The summed E-state index contributed by atoms with van der Waals surface area (Å²) >= 11 is 0. The number of hydrogen-bond donors (Lipinski definition) is 1. The van der Waals surface area contributed by atoms with Crippen LogP contribution in [0.4, 0.5) is 13.2 Å². The van der Waals surface area contributed by atoms with E-state index in [1.165, 1.54) is 0 Å². The number of phenolic OH excluding ortho intramolecular Hbond substituents is 1. The van der Waals surface area contributed by atoms with Gasteiger partial charge >= 0.3 is 11.5 Å². The standard InChI is InChI=1S/C24H21NO3.CHF3O3S/c1-14-11-15(2)23(16(3)12-14)28-24(27)22-18-7-5-6-8-20(18)25(4)21-10-9-17(26)13-19(21)22;2-1(3,4)8(5,6)7/h5-13H,1-4H3;(H,5,6,7). The van der Waals surface area contributed by atoms with Gasteiger partial charge in [0.15, 0.2) is 10.1 Å². The molecule has 0 spiro atoms. The molecule has 1 aromatic heterocycles. The molecule has 0 amide bonds. The van der Waals surface area contributed by atoms with Crippen molar-refractivity contribution in [2.45, 2.75) is 26.3 Å². The molecule has 4 aromatic rings. The summed E-state index contributed by atoms with van der Waals surface area (Å²) in [7, 11) is -4.14. The Bertz CT molecular complexity index is 1570. The normalized spacial score (nSPS) is 11.8. The predicted octanol–water partition coefficient (Wildman–Crippen LogP) is 4.72. The van der Waals surface area contributed by atoms with Crippen LogP contribution in [0, 0.1) is 20.8 Å². The molecule has 0 aliphatic heterocycles. The van der Waals surface area contributed by atoms with Crippen LogP contribution in [0.5, 0.6) is 11.5 Å². The lowest BCUT2D eigenvalue weighted by Gasteiger charge is -2.14. The first kappa shape index (κ1) is 26.9. The summed E-state index contributed by atoms with van der Waals surface area (Å²) in [6, 6.07) is 16.8. The summed E-state index contributed by atoms with van der Waals surface area (Å²) < 4.78 is 66.8. The zero-order valence-corrected chi connectivity index (χ0v) is 20.5. The van der Waals surface area contributed by atoms with Crippen molar-refractivity contribution < 1.29 is 45.3 Å². The quantitative estimate of drug-likeness (QED) is 0.102. The Hall–Kier alpha value is -3.70. The first-order chi connectivity index (χ1) is 16.6. The maximum absolute atomic E-state index is 13.3. The number of carbonyl (C=O) groups excluding carboxylic acids is 1. The fourth-order valence-electron chi connectivity index (χ4n) is 3.96. The van der Waals surface area contributed by atoms with Crippen LogP contribution in [-0.2, 0) is 17.2 Å². The van der Waals surface area contributed by atoms with Crippen LogP contribution in [0.2, 0.25) is 0 Å². The minimum atomic E-state index is -6.09. The topological polar surface area (TPSA) is 108 Å². The molecule has 0 saturated carbocycles. The van der Waals surface area contributed by atoms with Crippen LogP contribution < -0.4 is 9.30 Å². The summed E-state index contributed by atoms with van der Waals surface area (Å²) in [6.45, 7) is 5.90. The molecule has 0 aliphatic rings. The fourth-order valence-corrected chi connectivity index (χ4v) is 3.96. The Morgan fingerprint density at radius 2 is 1.47 bits per heavy atom. The van der Waals surface area contributed by atoms with Gasteiger partial charge in [-0.05, 0) is 50.1 Å². The number of aromatic nitrogens is 1. The van der Waals surface area contributed by atoms with Gasteiger partial charge in [-0.15, -0.1) is 0 Å². The van der Waals surface area contributed by atoms with Crippen molar-refractivity contribution in [1.82, 2.24) is 0 Å². The van der Waals surface area contributed by atoms with Gasteiger partial charge in [0.1, 0.15) is 18.5 Å². The molecule has 0 atom stereocenters. The Morgan fingerprint density at radius 3 is 2.03 bits per heavy atom. The molecule has 4 rings (SSSR count). The molecule has 0 radical (unpaired) electrons. The van der Waals surface area contributed by atoms with E-state index < -0.39 is 21.6 Å².